The Kier molecular flexibility index (Phi) is 12.8. The fraction of sp³-hybridized carbons (Fsp3) is 0.216. The van der Waals surface area contributed by atoms with Crippen LogP contribution in [0.25, 0.3) is 0 Å². The van der Waals surface area contributed by atoms with Crippen LogP contribution in [0.3, 0.4) is 0 Å². The van der Waals surface area contributed by atoms with Crippen LogP contribution in [0.15, 0.2) is 62.0 Å². The summed E-state index contributed by atoms with van der Waals surface area (Å²) >= 11 is 6.26. The summed E-state index contributed by atoms with van der Waals surface area (Å²) in [6, 6.07) is 7.92. The van der Waals surface area contributed by atoms with E-state index in [-0.39, 0.29) is 62.0 Å². The normalized spacial score (nSPS) is 13.4. The first kappa shape index (κ1) is 49.0. The van der Waals surface area contributed by atoms with Gasteiger partial charge >= 0.3 is 10.4 Å². The highest BCUT2D eigenvalue weighted by Crippen LogP contribution is 2.43. The lowest BCUT2D eigenvalue weighted by molar-refractivity contribution is 0.0980. The molecule has 6 rings (SSSR count). The van der Waals surface area contributed by atoms with Gasteiger partial charge in [-0.25, -0.2) is 36.0 Å². The molecule has 0 amide bonds. The number of halogens is 1. The molecule has 0 atom stereocenters. The van der Waals surface area contributed by atoms with Gasteiger partial charge < -0.3 is 16.2 Å². The fourth-order valence-corrected chi connectivity index (χ4v) is 11.7. The molecule has 1 aliphatic rings. The molecular formula is C37H34ClN5O17S5. The summed E-state index contributed by atoms with van der Waals surface area (Å²) in [5.74, 6) is -4.36. The first-order chi connectivity index (χ1) is 29.8. The first-order valence-corrected chi connectivity index (χ1v) is 26.3. The number of benzene rings is 4. The van der Waals surface area contributed by atoms with E-state index in [9.17, 15) is 65.9 Å². The molecule has 0 saturated heterocycles. The van der Waals surface area contributed by atoms with E-state index in [2.05, 4.69) is 24.5 Å². The number of carbonyl (C=O) groups excluding carboxylic acids is 2. The van der Waals surface area contributed by atoms with Crippen LogP contribution in [0.1, 0.15) is 71.3 Å². The van der Waals surface area contributed by atoms with Gasteiger partial charge in [0.2, 0.25) is 5.28 Å². The Labute approximate surface area is 376 Å². The van der Waals surface area contributed by atoms with Crippen LogP contribution in [0, 0.1) is 20.8 Å². The van der Waals surface area contributed by atoms with E-state index in [0.717, 1.165) is 18.4 Å². The van der Waals surface area contributed by atoms with E-state index >= 15 is 0 Å². The molecule has 0 spiro atoms. The third-order valence-electron chi connectivity index (χ3n) is 10.2. The Hall–Kier alpha value is -5.49. The molecule has 1 aliphatic carbocycles. The number of nitrogens with two attached hydrogens (primary N) is 1. The number of carbonyl (C=O) groups is 2. The van der Waals surface area contributed by atoms with Crippen molar-refractivity contribution in [2.24, 2.45) is 0 Å². The molecule has 65 heavy (non-hydrogen) atoms. The van der Waals surface area contributed by atoms with Gasteiger partial charge in [0, 0.05) is 41.5 Å². The average molecular weight is 1020 g/mol. The fourth-order valence-electron chi connectivity index (χ4n) is 7.36. The lowest BCUT2D eigenvalue weighted by atomic mass is 9.82. The smallest absolute Gasteiger partial charge is 0.397 e. The highest BCUT2D eigenvalue weighted by molar-refractivity contribution is 7.91. The number of phenolic OH excluding ortho intramolecular Hbond substituents is 1. The van der Waals surface area contributed by atoms with E-state index in [4.69, 9.17) is 21.9 Å². The lowest BCUT2D eigenvalue weighted by Crippen LogP contribution is -2.25. The highest BCUT2D eigenvalue weighted by atomic mass is 35.5. The topological polar surface area (TPSA) is 372 Å². The number of sulfone groups is 2. The Balaban J connectivity index is 1.49. The van der Waals surface area contributed by atoms with Crippen LogP contribution in [-0.2, 0) is 67.3 Å². The minimum Gasteiger partial charge on any atom is -0.506 e. The molecule has 5 aromatic rings. The number of aromatic nitrogens is 3. The van der Waals surface area contributed by atoms with E-state index in [0.29, 0.717) is 6.07 Å². The predicted octanol–water partition coefficient (Wildman–Crippen LogP) is 2.93. The maximum absolute atomic E-state index is 14.1. The number of rotatable bonds is 14. The second kappa shape index (κ2) is 17.1. The van der Waals surface area contributed by atoms with Crippen LogP contribution in [0.4, 0.5) is 17.1 Å². The Morgan fingerprint density at radius 1 is 0.738 bits per heavy atom. The minimum absolute atomic E-state index is 0.0279. The second-order valence-electron chi connectivity index (χ2n) is 14.5. The number of phenols is 1. The highest BCUT2D eigenvalue weighted by Gasteiger charge is 2.37. The Morgan fingerprint density at radius 3 is 1.85 bits per heavy atom. The number of nitrogens with one attached hydrogen (secondary N) is 1. The lowest BCUT2D eigenvalue weighted by Gasteiger charge is -2.26. The van der Waals surface area contributed by atoms with Crippen molar-refractivity contribution >= 4 is 90.5 Å². The number of anilines is 3. The third kappa shape index (κ3) is 9.88. The van der Waals surface area contributed by atoms with Crippen molar-refractivity contribution < 1.29 is 74.6 Å². The molecule has 1 heterocycles. The molecule has 346 valence electrons. The maximum atomic E-state index is 14.1. The van der Waals surface area contributed by atoms with Gasteiger partial charge in [0.05, 0.1) is 44.7 Å². The quantitative estimate of drug-likeness (QED) is 0.0674. The zero-order valence-corrected chi connectivity index (χ0v) is 38.6. The van der Waals surface area contributed by atoms with Crippen LogP contribution in [0.5, 0.6) is 5.75 Å². The molecule has 22 nitrogen and oxygen atoms in total. The maximum Gasteiger partial charge on any atom is 0.397 e. The van der Waals surface area contributed by atoms with Crippen LogP contribution in [0.2, 0.25) is 5.28 Å². The van der Waals surface area contributed by atoms with Crippen molar-refractivity contribution in [3.8, 4) is 5.75 Å². The van der Waals surface area contributed by atoms with Gasteiger partial charge in [-0.05, 0) is 72.8 Å². The van der Waals surface area contributed by atoms with Crippen molar-refractivity contribution in [3.05, 3.63) is 109 Å². The summed E-state index contributed by atoms with van der Waals surface area (Å²) in [5, 5.41) is 13.3. The average Bonchev–Trinajstić information content (AvgIpc) is 3.16. The molecule has 0 unspecified atom stereocenters. The van der Waals surface area contributed by atoms with Gasteiger partial charge in [-0.15, -0.1) is 0 Å². The summed E-state index contributed by atoms with van der Waals surface area (Å²) in [5.41, 5.74) is 4.19. The minimum atomic E-state index is -5.33. The van der Waals surface area contributed by atoms with Gasteiger partial charge in [-0.3, -0.25) is 23.2 Å². The monoisotopic (exact) mass is 1020 g/mol. The molecule has 0 fully saturated rings. The molecule has 0 aliphatic heterocycles. The largest absolute Gasteiger partial charge is 0.506 e. The van der Waals surface area contributed by atoms with Crippen LogP contribution < -0.4 is 11.1 Å². The van der Waals surface area contributed by atoms with Crippen molar-refractivity contribution in [2.45, 2.75) is 53.2 Å². The SMILES string of the molecule is Cc1c(Cc2nc(Cl)nc(Cc3cc(S(=O)(=O)CCOS(=O)(=O)O)cc(S(=O)(=O)O)c3O)n2)c(C)c(S(=O)(=O)O)c(C)c1Nc1cc(S(C)(=O)=O)c(N)c2c1C(=O)c1ccccc1C2=O. The van der Waals surface area contributed by atoms with E-state index in [1.807, 2.05) is 0 Å². The van der Waals surface area contributed by atoms with Crippen molar-refractivity contribution in [1.82, 2.24) is 15.0 Å². The van der Waals surface area contributed by atoms with Gasteiger partial charge in [-0.2, -0.15) is 25.3 Å². The van der Waals surface area contributed by atoms with E-state index in [1.54, 1.807) is 0 Å². The van der Waals surface area contributed by atoms with Crippen LogP contribution >= 0.6 is 11.6 Å². The Bertz CT molecular complexity index is 3510. The van der Waals surface area contributed by atoms with Crippen molar-refractivity contribution in [1.29, 1.82) is 0 Å². The number of ketones is 2. The van der Waals surface area contributed by atoms with Crippen LogP contribution in [-0.4, -0.2) is 106 Å². The molecule has 28 heteroatoms. The summed E-state index contributed by atoms with van der Waals surface area (Å²) in [4.78, 5) is 36.9. The molecule has 1 aromatic heterocycles. The molecule has 0 radical (unpaired) electrons. The van der Waals surface area contributed by atoms with Gasteiger partial charge in [-0.1, -0.05) is 24.3 Å². The molecule has 7 N–H and O–H groups in total. The van der Waals surface area contributed by atoms with Gasteiger partial charge in [0.15, 0.2) is 31.2 Å². The number of hydrogen-bond acceptors (Lipinski definition) is 19. The van der Waals surface area contributed by atoms with E-state index in [1.165, 1.54) is 45.0 Å². The predicted molar refractivity (Wildman–Crippen MR) is 229 cm³/mol. The molecular weight excluding hydrogens is 982 g/mol. The number of fused-ring (bicyclic) bond motifs is 2. The van der Waals surface area contributed by atoms with E-state index < -0.39 is 135 Å². The second-order valence-corrected chi connectivity index (χ2v) is 22.8. The molecule has 4 aromatic carbocycles. The van der Waals surface area contributed by atoms with Crippen molar-refractivity contribution in [2.75, 3.05) is 29.7 Å². The van der Waals surface area contributed by atoms with Gasteiger partial charge in [0.25, 0.3) is 20.2 Å². The number of nitrogen functional groups attached to an aromatic ring is 1. The summed E-state index contributed by atoms with van der Waals surface area (Å²) in [6.07, 6.45) is -0.332. The number of hydrogen-bond donors (Lipinski definition) is 6. The number of nitrogens with zero attached hydrogens (tertiary/aromatic N) is 3. The Morgan fingerprint density at radius 2 is 1.31 bits per heavy atom. The summed E-state index contributed by atoms with van der Waals surface area (Å²) in [6.45, 7) is 3.01. The third-order valence-corrected chi connectivity index (χ3v) is 15.6. The summed E-state index contributed by atoms with van der Waals surface area (Å²) in [7, 11) is -24.3. The number of aromatic hydroxyl groups is 1. The zero-order chi connectivity index (χ0) is 48.5. The molecule has 0 saturated carbocycles. The molecule has 0 bridgehead atoms. The zero-order valence-electron chi connectivity index (χ0n) is 33.8. The van der Waals surface area contributed by atoms with Gasteiger partial charge in [0.1, 0.15) is 27.2 Å². The standard InChI is InChI=1S/C37H34ClN5O17S5/c1-16-23(14-28-41-27(42-37(38)43-28)12-19-11-20(13-26(33(19)44)63(51,52)53)62(49,50)10-9-60-65(57,58)59)17(2)36(64(54,55)56)18(3)32(16)40-24-15-25(61(4,47)48)31(39)30-29(24)34(45)21-7-5-6-8-22(21)35(30)46/h5-8,11,13,15,40,44H,9-10,12,14,39H2,1-4H3,(H,51,52,53)(H,54,55,56)(H,57,58,59). The van der Waals surface area contributed by atoms with Crippen molar-refractivity contribution in [3.63, 3.8) is 0 Å². The summed E-state index contributed by atoms with van der Waals surface area (Å²) < 4.78 is 158. The first-order valence-electron chi connectivity index (χ1n) is 18.1.